The number of methoxy groups -OCH3 is 1. The van der Waals surface area contributed by atoms with Crippen molar-refractivity contribution in [1.82, 2.24) is 0 Å². The number of ether oxygens (including phenoxy) is 2. The highest BCUT2D eigenvalue weighted by Crippen LogP contribution is 1.85. The predicted molar refractivity (Wildman–Crippen MR) is 46.4 cm³/mol. The van der Waals surface area contributed by atoms with Crippen LogP contribution in [-0.4, -0.2) is 36.2 Å². The molecular formula is C8H10N2O4. The normalized spacial score (nSPS) is 9.29. The van der Waals surface area contributed by atoms with Crippen molar-refractivity contribution >= 4 is 17.7 Å². The fourth-order valence-corrected chi connectivity index (χ4v) is 0.584. The number of esters is 2. The van der Waals surface area contributed by atoms with Crippen LogP contribution in [0.1, 0.15) is 6.92 Å². The van der Waals surface area contributed by atoms with E-state index in [1.54, 1.807) is 6.92 Å². The van der Waals surface area contributed by atoms with Gasteiger partial charge in [0.25, 0.3) is 0 Å². The Hall–Kier alpha value is -1.94. The predicted octanol–water partition coefficient (Wildman–Crippen LogP) is -0.0505. The van der Waals surface area contributed by atoms with Crippen molar-refractivity contribution < 1.29 is 23.9 Å². The molecule has 0 N–H and O–H groups in total. The van der Waals surface area contributed by atoms with Crippen LogP contribution in [0.2, 0.25) is 0 Å². The zero-order valence-electron chi connectivity index (χ0n) is 7.89. The fourth-order valence-electron chi connectivity index (χ4n) is 0.584. The molecule has 0 aromatic heterocycles. The van der Waals surface area contributed by atoms with E-state index in [0.29, 0.717) is 0 Å². The van der Waals surface area contributed by atoms with E-state index in [1.807, 2.05) is 0 Å². The Morgan fingerprint density at radius 1 is 1.43 bits per heavy atom. The Morgan fingerprint density at radius 3 is 2.50 bits per heavy atom. The molecule has 0 aliphatic heterocycles. The minimum absolute atomic E-state index is 0.229. The summed E-state index contributed by atoms with van der Waals surface area (Å²) < 4.78 is 8.80. The first-order valence-corrected chi connectivity index (χ1v) is 3.80. The van der Waals surface area contributed by atoms with Gasteiger partial charge in [0.2, 0.25) is 0 Å². The Bertz CT molecular complexity index is 302. The smallest absolute Gasteiger partial charge is 0.421 e. The summed E-state index contributed by atoms with van der Waals surface area (Å²) in [4.78, 5) is 24.2. The lowest BCUT2D eigenvalue weighted by atomic mass is 10.3. The van der Waals surface area contributed by atoms with E-state index in [9.17, 15) is 9.59 Å². The number of hydrogen-bond donors (Lipinski definition) is 0. The van der Waals surface area contributed by atoms with Gasteiger partial charge >= 0.3 is 17.7 Å². The summed E-state index contributed by atoms with van der Waals surface area (Å²) in [6.45, 7) is 1.88. The van der Waals surface area contributed by atoms with Crippen molar-refractivity contribution in [2.24, 2.45) is 0 Å². The first kappa shape index (κ1) is 12.1. The van der Waals surface area contributed by atoms with E-state index < -0.39 is 11.9 Å². The highest BCUT2D eigenvalue weighted by molar-refractivity contribution is 6.39. The molecule has 0 bridgehead atoms. The summed E-state index contributed by atoms with van der Waals surface area (Å²) >= 11 is 0. The Balaban J connectivity index is 4.41. The molecule has 0 radical (unpaired) electrons. The minimum Gasteiger partial charge on any atom is -0.463 e. The van der Waals surface area contributed by atoms with Crippen LogP contribution < -0.4 is 0 Å². The highest BCUT2D eigenvalue weighted by Gasteiger charge is 2.16. The number of rotatable bonds is 4. The molecule has 0 aliphatic carbocycles. The van der Waals surface area contributed by atoms with Crippen LogP contribution in [0.15, 0.2) is 12.2 Å². The molecular weight excluding hydrogens is 188 g/mol. The molecule has 6 heteroatoms. The molecule has 0 rings (SSSR count). The second kappa shape index (κ2) is 6.56. The second-order valence-electron chi connectivity index (χ2n) is 2.06. The molecule has 0 unspecified atom stereocenters. The quantitative estimate of drug-likeness (QED) is 0.208. The second-order valence-corrected chi connectivity index (χ2v) is 2.06. The van der Waals surface area contributed by atoms with Crippen molar-refractivity contribution in [2.75, 3.05) is 13.7 Å². The van der Waals surface area contributed by atoms with Crippen LogP contribution in [0.25, 0.3) is 5.53 Å². The maximum Gasteiger partial charge on any atom is 0.421 e. The molecule has 6 nitrogen and oxygen atoms in total. The summed E-state index contributed by atoms with van der Waals surface area (Å²) in [7, 11) is 1.13. The molecule has 76 valence electrons. The van der Waals surface area contributed by atoms with Gasteiger partial charge in [0.1, 0.15) is 0 Å². The van der Waals surface area contributed by atoms with E-state index in [2.05, 4.69) is 14.3 Å². The van der Waals surface area contributed by atoms with Crippen molar-refractivity contribution in [1.29, 1.82) is 0 Å². The summed E-state index contributed by atoms with van der Waals surface area (Å²) in [6.07, 6.45) is 1.97. The Morgan fingerprint density at radius 2 is 2.07 bits per heavy atom. The monoisotopic (exact) mass is 198 g/mol. The molecule has 0 aromatic carbocycles. The van der Waals surface area contributed by atoms with Gasteiger partial charge in [-0.05, 0) is 6.92 Å². The van der Waals surface area contributed by atoms with E-state index in [0.717, 1.165) is 19.3 Å². The molecule has 0 aromatic rings. The maximum absolute atomic E-state index is 10.8. The zero-order chi connectivity index (χ0) is 11.0. The van der Waals surface area contributed by atoms with Crippen molar-refractivity contribution in [3.05, 3.63) is 17.7 Å². The third-order valence-corrected chi connectivity index (χ3v) is 1.17. The van der Waals surface area contributed by atoms with E-state index in [-0.39, 0.29) is 12.3 Å². The summed E-state index contributed by atoms with van der Waals surface area (Å²) in [5.74, 6) is -1.47. The van der Waals surface area contributed by atoms with Crippen LogP contribution in [0.3, 0.4) is 0 Å². The lowest BCUT2D eigenvalue weighted by molar-refractivity contribution is -0.137. The highest BCUT2D eigenvalue weighted by atomic mass is 16.5. The Labute approximate surface area is 80.7 Å². The molecule has 0 saturated heterocycles. The van der Waals surface area contributed by atoms with Gasteiger partial charge in [-0.15, -0.1) is 0 Å². The molecule has 0 saturated carbocycles. The van der Waals surface area contributed by atoms with Gasteiger partial charge < -0.3 is 15.0 Å². The third-order valence-electron chi connectivity index (χ3n) is 1.17. The molecule has 0 atom stereocenters. The fraction of sp³-hybridized carbons (Fsp3) is 0.375. The topological polar surface area (TPSA) is 89.0 Å². The summed E-state index contributed by atoms with van der Waals surface area (Å²) in [6, 6.07) is 0. The maximum atomic E-state index is 10.8. The first-order valence-electron chi connectivity index (χ1n) is 3.80. The van der Waals surface area contributed by atoms with E-state index in [1.165, 1.54) is 0 Å². The Kier molecular flexibility index (Phi) is 5.65. The van der Waals surface area contributed by atoms with Crippen LogP contribution in [0.4, 0.5) is 0 Å². The lowest BCUT2D eigenvalue weighted by Gasteiger charge is -1.92. The standard InChI is InChI=1S/C8H10N2O4/c1-3-14-7(11)5-4-6(10-9)8(12)13-2/h4-5H,3H2,1-2H3/b5-4+. The number of carbonyl (C=O) groups excluding carboxylic acids is 2. The zero-order valence-corrected chi connectivity index (χ0v) is 7.89. The van der Waals surface area contributed by atoms with Crippen molar-refractivity contribution in [3.8, 4) is 0 Å². The van der Waals surface area contributed by atoms with Gasteiger partial charge in [0, 0.05) is 12.2 Å². The van der Waals surface area contributed by atoms with Crippen LogP contribution in [0.5, 0.6) is 0 Å². The van der Waals surface area contributed by atoms with Gasteiger partial charge in [0.15, 0.2) is 0 Å². The average molecular weight is 198 g/mol. The van der Waals surface area contributed by atoms with E-state index >= 15 is 0 Å². The third kappa shape index (κ3) is 4.18. The minimum atomic E-state index is -0.840. The molecule has 0 fully saturated rings. The largest absolute Gasteiger partial charge is 0.463 e. The number of nitrogens with zero attached hydrogens (tertiary/aromatic N) is 2. The van der Waals surface area contributed by atoms with Gasteiger partial charge in [-0.3, -0.25) is 0 Å². The van der Waals surface area contributed by atoms with Crippen LogP contribution >= 0.6 is 0 Å². The lowest BCUT2D eigenvalue weighted by Crippen LogP contribution is -2.14. The number of carbonyl (C=O) groups is 2. The SMILES string of the molecule is CCOC(=O)/C=C/C(=[N+]=[N-])C(=O)OC. The molecule has 0 aliphatic rings. The molecule has 0 heterocycles. The average Bonchev–Trinajstić information content (AvgIpc) is 2.18. The number of hydrogen-bond acceptors (Lipinski definition) is 4. The van der Waals surface area contributed by atoms with Gasteiger partial charge in [-0.1, -0.05) is 0 Å². The van der Waals surface area contributed by atoms with E-state index in [4.69, 9.17) is 5.53 Å². The summed E-state index contributed by atoms with van der Waals surface area (Å²) in [5, 5.41) is 0. The van der Waals surface area contributed by atoms with Gasteiger partial charge in [-0.25, -0.2) is 9.59 Å². The molecule has 0 spiro atoms. The van der Waals surface area contributed by atoms with Crippen molar-refractivity contribution in [2.45, 2.75) is 6.92 Å². The van der Waals surface area contributed by atoms with Crippen molar-refractivity contribution in [3.63, 3.8) is 0 Å². The molecule has 14 heavy (non-hydrogen) atoms. The molecule has 0 amide bonds. The summed E-state index contributed by atoms with van der Waals surface area (Å²) in [5.41, 5.74) is 7.98. The van der Waals surface area contributed by atoms with Gasteiger partial charge in [0.05, 0.1) is 13.7 Å². The van der Waals surface area contributed by atoms with Gasteiger partial charge in [-0.2, -0.15) is 4.79 Å². The van der Waals surface area contributed by atoms with Crippen LogP contribution in [0, 0.1) is 0 Å². The van der Waals surface area contributed by atoms with Crippen LogP contribution in [-0.2, 0) is 19.1 Å². The first-order chi connectivity index (χ1) is 6.65.